The summed E-state index contributed by atoms with van der Waals surface area (Å²) in [6.45, 7) is 9.38. The van der Waals surface area contributed by atoms with E-state index >= 15 is 0 Å². The van der Waals surface area contributed by atoms with Crippen LogP contribution in [0.3, 0.4) is 0 Å². The summed E-state index contributed by atoms with van der Waals surface area (Å²) < 4.78 is 6.08. The van der Waals surface area contributed by atoms with Crippen LogP contribution in [0.5, 0.6) is 5.75 Å². The molecule has 0 aliphatic carbocycles. The lowest BCUT2D eigenvalue weighted by atomic mass is 10.0. The molecule has 142 valence electrons. The summed E-state index contributed by atoms with van der Waals surface area (Å²) in [5.74, 6) is 0.846. The topological polar surface area (TPSA) is 62.3 Å². The van der Waals surface area contributed by atoms with Gasteiger partial charge in [-0.1, -0.05) is 55.1 Å². The number of rotatable bonds is 11. The van der Waals surface area contributed by atoms with Crippen LogP contribution in [-0.4, -0.2) is 43.9 Å². The number of nitrogens with one attached hydrogen (secondary N) is 1. The molecular weight excluding hydrogens is 334 g/mol. The molecular formula is C23H29N3O. The van der Waals surface area contributed by atoms with Crippen molar-refractivity contribution in [2.75, 3.05) is 32.8 Å². The van der Waals surface area contributed by atoms with E-state index in [2.05, 4.69) is 17.6 Å². The maximum Gasteiger partial charge on any atom is 0.127 e. The molecule has 27 heavy (non-hydrogen) atoms. The summed E-state index contributed by atoms with van der Waals surface area (Å²) in [6, 6.07) is 11.9. The van der Waals surface area contributed by atoms with E-state index in [1.54, 1.807) is 0 Å². The molecule has 0 unspecified atom stereocenters. The van der Waals surface area contributed by atoms with Gasteiger partial charge in [0.25, 0.3) is 0 Å². The first-order chi connectivity index (χ1) is 13.2. The monoisotopic (exact) mass is 363 g/mol. The minimum Gasteiger partial charge on any atom is -0.492 e. The van der Waals surface area contributed by atoms with Crippen LogP contribution in [0.4, 0.5) is 0 Å². The molecule has 0 aromatic heterocycles. The van der Waals surface area contributed by atoms with Crippen LogP contribution in [0, 0.1) is 5.41 Å². The average Bonchev–Trinajstić information content (AvgIpc) is 2.68. The van der Waals surface area contributed by atoms with Gasteiger partial charge in [0.2, 0.25) is 0 Å². The van der Waals surface area contributed by atoms with Gasteiger partial charge in [-0.25, -0.2) is 0 Å². The predicted molar refractivity (Wildman–Crippen MR) is 116 cm³/mol. The van der Waals surface area contributed by atoms with Crippen molar-refractivity contribution in [2.24, 2.45) is 5.73 Å². The number of benzene rings is 2. The molecule has 4 nitrogen and oxygen atoms in total. The van der Waals surface area contributed by atoms with Crippen LogP contribution in [-0.2, 0) is 0 Å². The molecule has 0 aliphatic rings. The minimum atomic E-state index is 0.575. The van der Waals surface area contributed by atoms with E-state index in [0.29, 0.717) is 13.2 Å². The maximum atomic E-state index is 7.57. The van der Waals surface area contributed by atoms with E-state index in [4.69, 9.17) is 15.9 Å². The molecule has 0 fully saturated rings. The zero-order chi connectivity index (χ0) is 19.5. The first kappa shape index (κ1) is 20.6. The van der Waals surface area contributed by atoms with Crippen LogP contribution in [0.2, 0.25) is 0 Å². The lowest BCUT2D eigenvalue weighted by Crippen LogP contribution is -2.34. The van der Waals surface area contributed by atoms with Crippen molar-refractivity contribution in [3.05, 3.63) is 78.4 Å². The second-order valence-electron chi connectivity index (χ2n) is 6.23. The molecule has 0 heterocycles. The van der Waals surface area contributed by atoms with Crippen molar-refractivity contribution < 1.29 is 4.74 Å². The fraction of sp³-hybridized carbons (Fsp3) is 0.261. The Balaban J connectivity index is 2.06. The van der Waals surface area contributed by atoms with Gasteiger partial charge >= 0.3 is 0 Å². The number of hydrogen-bond donors (Lipinski definition) is 2. The third-order valence-corrected chi connectivity index (χ3v) is 4.30. The Morgan fingerprint density at radius 1 is 1.19 bits per heavy atom. The molecule has 2 aromatic carbocycles. The third kappa shape index (κ3) is 5.91. The van der Waals surface area contributed by atoms with Crippen molar-refractivity contribution in [3.63, 3.8) is 0 Å². The molecule has 0 amide bonds. The Bertz CT molecular complexity index is 823. The average molecular weight is 364 g/mol. The van der Waals surface area contributed by atoms with Gasteiger partial charge in [0.15, 0.2) is 0 Å². The summed E-state index contributed by atoms with van der Waals surface area (Å²) in [4.78, 5) is 2.28. The van der Waals surface area contributed by atoms with Crippen LogP contribution >= 0.6 is 0 Å². The van der Waals surface area contributed by atoms with Crippen molar-refractivity contribution >= 4 is 17.0 Å². The van der Waals surface area contributed by atoms with E-state index in [1.165, 1.54) is 11.8 Å². The predicted octanol–water partition coefficient (Wildman–Crippen LogP) is 4.17. The molecule has 0 saturated carbocycles. The van der Waals surface area contributed by atoms with Crippen LogP contribution in [0.25, 0.3) is 10.8 Å². The molecule has 0 bridgehead atoms. The van der Waals surface area contributed by atoms with Gasteiger partial charge < -0.3 is 15.9 Å². The summed E-state index contributed by atoms with van der Waals surface area (Å²) in [6.07, 6.45) is 9.33. The smallest absolute Gasteiger partial charge is 0.127 e. The normalized spacial score (nSPS) is 12.0. The molecule has 0 saturated heterocycles. The van der Waals surface area contributed by atoms with E-state index < -0.39 is 0 Å². The highest BCUT2D eigenvalue weighted by atomic mass is 16.5. The number of fused-ring (bicyclic) bond motifs is 1. The molecule has 2 rings (SSSR count). The van der Waals surface area contributed by atoms with Gasteiger partial charge in [0.1, 0.15) is 12.4 Å². The van der Waals surface area contributed by atoms with Crippen molar-refractivity contribution in [3.8, 4) is 5.75 Å². The van der Waals surface area contributed by atoms with E-state index in [1.807, 2.05) is 61.5 Å². The number of ether oxygens (including phenoxy) is 1. The molecule has 3 N–H and O–H groups in total. The van der Waals surface area contributed by atoms with E-state index in [0.717, 1.165) is 41.7 Å². The first-order valence-electron chi connectivity index (χ1n) is 9.25. The highest BCUT2D eigenvalue weighted by Gasteiger charge is 2.08. The third-order valence-electron chi connectivity index (χ3n) is 4.30. The highest BCUT2D eigenvalue weighted by Crippen LogP contribution is 2.27. The first-order valence-corrected chi connectivity index (χ1v) is 9.25. The molecule has 0 radical (unpaired) electrons. The summed E-state index contributed by atoms with van der Waals surface area (Å²) in [5.41, 5.74) is 7.87. The van der Waals surface area contributed by atoms with Crippen LogP contribution in [0.15, 0.2) is 72.9 Å². The van der Waals surface area contributed by atoms with Gasteiger partial charge in [-0.2, -0.15) is 0 Å². The fourth-order valence-corrected chi connectivity index (χ4v) is 3.07. The molecule has 0 spiro atoms. The lowest BCUT2D eigenvalue weighted by molar-refractivity contribution is 0.226. The quantitative estimate of drug-likeness (QED) is 0.465. The van der Waals surface area contributed by atoms with Gasteiger partial charge in [0, 0.05) is 43.3 Å². The number of nitrogens with zero attached hydrogens (tertiary/aromatic N) is 1. The fourth-order valence-electron chi connectivity index (χ4n) is 3.07. The maximum absolute atomic E-state index is 7.57. The van der Waals surface area contributed by atoms with E-state index in [9.17, 15) is 0 Å². The number of allylic oxidation sites excluding steroid dienone is 3. The number of hydrogen-bond acceptors (Lipinski definition) is 4. The Labute approximate surface area is 162 Å². The Morgan fingerprint density at radius 3 is 2.63 bits per heavy atom. The highest BCUT2D eigenvalue weighted by molar-refractivity contribution is 6.01. The van der Waals surface area contributed by atoms with Crippen LogP contribution < -0.4 is 10.5 Å². The Hall–Kier alpha value is -2.69. The molecule has 4 heteroatoms. The second-order valence-corrected chi connectivity index (χ2v) is 6.23. The Kier molecular flexibility index (Phi) is 8.49. The molecule has 2 aromatic rings. The van der Waals surface area contributed by atoms with Gasteiger partial charge in [-0.05, 0) is 30.0 Å². The summed E-state index contributed by atoms with van der Waals surface area (Å²) >= 11 is 0. The molecule has 0 aliphatic heterocycles. The Morgan fingerprint density at radius 2 is 1.96 bits per heavy atom. The summed E-state index contributed by atoms with van der Waals surface area (Å²) in [5, 5.41) is 9.64. The van der Waals surface area contributed by atoms with Gasteiger partial charge in [0.05, 0.1) is 0 Å². The van der Waals surface area contributed by atoms with Gasteiger partial charge in [-0.15, -0.1) is 0 Å². The van der Waals surface area contributed by atoms with E-state index in [-0.39, 0.29) is 0 Å². The largest absolute Gasteiger partial charge is 0.492 e. The minimum absolute atomic E-state index is 0.575. The van der Waals surface area contributed by atoms with Crippen molar-refractivity contribution in [1.29, 1.82) is 5.41 Å². The van der Waals surface area contributed by atoms with Crippen LogP contribution in [0.1, 0.15) is 12.5 Å². The van der Waals surface area contributed by atoms with Crippen molar-refractivity contribution in [1.82, 2.24) is 4.90 Å². The zero-order valence-corrected chi connectivity index (χ0v) is 16.0. The number of nitrogens with two attached hydrogens (primary N) is 1. The SMILES string of the molecule is C=C/C=C(\C=C/C)CN(CCN)CCOc1ccc(C=N)c2ccccc12. The van der Waals surface area contributed by atoms with Crippen molar-refractivity contribution in [2.45, 2.75) is 6.92 Å². The van der Waals surface area contributed by atoms with Gasteiger partial charge in [-0.3, -0.25) is 4.90 Å². The lowest BCUT2D eigenvalue weighted by Gasteiger charge is -2.22. The second kappa shape index (κ2) is 11.1. The zero-order valence-electron chi connectivity index (χ0n) is 16.0. The molecule has 0 atom stereocenters. The standard InChI is InChI=1S/C23H29N3O/c1-3-7-19(8-4-2)18-26(14-13-24)15-16-27-23-12-11-20(17-25)21-9-5-6-10-22(21)23/h3-12,17,25H,1,13-16,18,24H2,2H3/b8-4-,19-7+,25-17?. The summed E-state index contributed by atoms with van der Waals surface area (Å²) in [7, 11) is 0.